The van der Waals surface area contributed by atoms with Crippen LogP contribution in [0.1, 0.15) is 34.6 Å². The fraction of sp³-hybridized carbons (Fsp3) is 0.935. The maximum atomic E-state index is 13.1. The second kappa shape index (κ2) is 39.7. The topological polar surface area (TPSA) is 759 Å². The van der Waals surface area contributed by atoms with Crippen LogP contribution >= 0.6 is 0 Å². The van der Waals surface area contributed by atoms with Crippen LogP contribution in [0.5, 0.6) is 0 Å². The predicted octanol–water partition coefficient (Wildman–Crippen LogP) is -19.0. The van der Waals surface area contributed by atoms with Gasteiger partial charge < -0.3 is 224 Å². The van der Waals surface area contributed by atoms with Crippen LogP contribution in [0.3, 0.4) is 0 Å². The Labute approximate surface area is 629 Å². The molecule has 49 nitrogen and oxygen atoms in total. The maximum absolute atomic E-state index is 13.1. The average Bonchev–Trinajstić information content (AvgIpc) is 0.769. The summed E-state index contributed by atoms with van der Waals surface area (Å²) in [6.07, 6.45) is -83.8. The molecule has 111 heavy (non-hydrogen) atoms. The van der Waals surface area contributed by atoms with E-state index in [1.807, 2.05) is 0 Å². The van der Waals surface area contributed by atoms with Crippen LogP contribution in [0, 0.1) is 0 Å². The Balaban J connectivity index is 1.04. The van der Waals surface area contributed by atoms with E-state index in [0.29, 0.717) is 0 Å². The first-order valence-electron chi connectivity index (χ1n) is 35.5. The van der Waals surface area contributed by atoms with Crippen molar-refractivity contribution in [3.8, 4) is 0 Å². The van der Waals surface area contributed by atoms with Crippen molar-refractivity contribution in [2.75, 3.05) is 52.9 Å². The van der Waals surface area contributed by atoms with Gasteiger partial charge in [-0.2, -0.15) is 0 Å². The zero-order valence-corrected chi connectivity index (χ0v) is 59.9. The van der Waals surface area contributed by atoms with Crippen molar-refractivity contribution < 1.29 is 222 Å². The lowest BCUT2D eigenvalue weighted by molar-refractivity contribution is -0.398. The van der Waals surface area contributed by atoms with E-state index < -0.39 is 353 Å². The molecule has 9 rings (SSSR count). The summed E-state index contributed by atoms with van der Waals surface area (Å²) in [7, 11) is 0. The Kier molecular flexibility index (Phi) is 32.6. The van der Waals surface area contributed by atoms with Crippen molar-refractivity contribution in [3.63, 3.8) is 0 Å². The molecular formula is C62H104N4O45. The molecule has 4 amide bonds. The van der Waals surface area contributed by atoms with Gasteiger partial charge in [0.15, 0.2) is 56.6 Å². The Morgan fingerprint density at radius 2 is 0.541 bits per heavy atom. The molecule has 0 aliphatic carbocycles. The van der Waals surface area contributed by atoms with Crippen molar-refractivity contribution >= 4 is 23.6 Å². The van der Waals surface area contributed by atoms with Gasteiger partial charge in [0.2, 0.25) is 23.6 Å². The fourth-order valence-corrected chi connectivity index (χ4v) is 14.4. The van der Waals surface area contributed by atoms with E-state index in [2.05, 4.69) is 21.3 Å². The molecule has 49 heteroatoms. The summed E-state index contributed by atoms with van der Waals surface area (Å²) in [4.78, 5) is 50.6. The van der Waals surface area contributed by atoms with Crippen LogP contribution in [0.2, 0.25) is 0 Å². The van der Waals surface area contributed by atoms with Gasteiger partial charge in [-0.25, -0.2) is 0 Å². The van der Waals surface area contributed by atoms with Gasteiger partial charge >= 0.3 is 0 Å². The monoisotopic (exact) mass is 1620 g/mol. The van der Waals surface area contributed by atoms with E-state index in [1.54, 1.807) is 0 Å². The van der Waals surface area contributed by atoms with Crippen molar-refractivity contribution in [2.24, 2.45) is 0 Å². The maximum Gasteiger partial charge on any atom is 0.217 e. The van der Waals surface area contributed by atoms with E-state index in [4.69, 9.17) is 80.5 Å². The summed E-state index contributed by atoms with van der Waals surface area (Å²) in [5.74, 6) is -3.54. The molecule has 0 radical (unpaired) electrons. The van der Waals surface area contributed by atoms with E-state index in [9.17, 15) is 142 Å². The Hall–Kier alpha value is -3.76. The summed E-state index contributed by atoms with van der Waals surface area (Å²) in [6, 6.07) is -7.29. The highest BCUT2D eigenvalue weighted by Gasteiger charge is 2.61. The van der Waals surface area contributed by atoms with Gasteiger partial charge in [0.25, 0.3) is 0 Å². The number of nitrogens with one attached hydrogen (secondary N) is 4. The SMILES string of the molecule is CC(=O)N[C@@H]1[C@@H](O)[C@H](O[C@@H]2O[C@H](CO)[C@@H](O[C@@H]3O[C@H](CO[C@H]4O[C@H](CO)[C@@H](O)[C@H](O)[C@@H]4O[C@@H]4O[C@H](CO)[C@@H](O[C@@H]5O[C@H](CO)[C@H](O)[C@H](O)[C@H]5O[C@@H]5O[C@@H](C)[C@@H](O)[C@@H](O)[C@@H]5O)[C@H](O)[C@H]4NC(C)=O)[C@@H](O)[C@H](O[C@H]4O[C@H](CO)[C@@H](O)[C@H](O)[C@@H]4O[C@@H]4O[C@H](CO)[C@@H](O)[C@H](O)[C@H]4NC(C)=O)[C@@H]3O)[C@H](O)[C@H]2NC(C)=O)[C@@H](CO)O[C@H]1O. The number of carbonyl (C=O) groups is 4. The molecule has 9 fully saturated rings. The Bertz CT molecular complexity index is 2950. The lowest BCUT2D eigenvalue weighted by Crippen LogP contribution is -2.70. The molecule has 0 aromatic rings. The molecule has 9 aliphatic heterocycles. The van der Waals surface area contributed by atoms with Crippen LogP contribution in [0.4, 0.5) is 0 Å². The summed E-state index contributed by atoms with van der Waals surface area (Å²) < 4.78 is 101. The molecule has 9 saturated heterocycles. The third-order valence-corrected chi connectivity index (χ3v) is 20.3. The zero-order valence-electron chi connectivity index (χ0n) is 59.9. The highest BCUT2D eigenvalue weighted by Crippen LogP contribution is 2.40. The molecule has 642 valence electrons. The summed E-state index contributed by atoms with van der Waals surface area (Å²) in [6.45, 7) is -3.64. The number of aliphatic hydroxyl groups excluding tert-OH is 24. The molecule has 28 N–H and O–H groups in total. The third kappa shape index (κ3) is 20.2. The first kappa shape index (κ1) is 91.1. The average molecular weight is 1630 g/mol. The minimum absolute atomic E-state index is 0.780. The van der Waals surface area contributed by atoms with Gasteiger partial charge in [0, 0.05) is 27.7 Å². The lowest BCUT2D eigenvalue weighted by Gasteiger charge is -2.51. The number of rotatable bonds is 28. The third-order valence-electron chi connectivity index (χ3n) is 20.3. The summed E-state index contributed by atoms with van der Waals surface area (Å²) in [5, 5.41) is 277. The standard InChI is InChI=1S/C62H104N4O45/c1-14-31(78)41(88)45(92)58(96-14)111-53-44(91)35(82)21(8-69)100-61(53)107-49-25(12-73)103-57(30(40(49)87)66-18(5)77)109-51-42(89)33(80)20(7-68)99-60(51)95-13-26-36(83)50(108-62-52(43(90)34(81)22(9-70)101-62)110-55-28(64-16(3)75)37(84)32(79)19(6-67)98-55)46(93)59(104-26)106-48-24(11-72)102-56(29(39(48)86)65-17(4)76)105-47-23(10-71)97-54(94)27(38(47)85)63-15(2)74/h14,19-62,67-73,78-94H,6-13H2,1-5H3,(H,63,74)(H,64,75)(H,65,76)(H,66,77)/t14-,19+,20+,21+,22+,23+,24+,25+,26+,27+,28+,29+,30+,31+,32+,33+,34+,35-,36+,37+,38+,39+,40+,41+,42-,43-,44-,45-,46-,47+,48+,49+,50-,51-,52-,53+,54+,55-,56-,57-,58-,59-,60-,61-,62+/m0/s1. The Morgan fingerprint density at radius 3 is 0.955 bits per heavy atom. The second-order valence-electron chi connectivity index (χ2n) is 28.1. The molecule has 0 spiro atoms. The quantitative estimate of drug-likeness (QED) is 0.0346. The molecule has 0 bridgehead atoms. The Morgan fingerprint density at radius 1 is 0.252 bits per heavy atom. The lowest BCUT2D eigenvalue weighted by atomic mass is 9.93. The van der Waals surface area contributed by atoms with Gasteiger partial charge in [-0.15, -0.1) is 0 Å². The number of carbonyl (C=O) groups excluding carboxylic acids is 4. The summed E-state index contributed by atoms with van der Waals surface area (Å²) in [5.41, 5.74) is 0. The van der Waals surface area contributed by atoms with Crippen LogP contribution in [-0.4, -0.2) is 475 Å². The molecule has 45 atom stereocenters. The highest BCUT2D eigenvalue weighted by molar-refractivity contribution is 5.74. The zero-order chi connectivity index (χ0) is 81.8. The second-order valence-corrected chi connectivity index (χ2v) is 28.1. The molecule has 9 heterocycles. The van der Waals surface area contributed by atoms with E-state index in [-0.39, 0.29) is 0 Å². The van der Waals surface area contributed by atoms with Crippen LogP contribution < -0.4 is 21.3 Å². The number of amides is 4. The molecule has 9 aliphatic rings. The molecule has 0 aromatic heterocycles. The van der Waals surface area contributed by atoms with Crippen LogP contribution in [-0.2, 0) is 99.7 Å². The normalized spacial score (nSPS) is 49.3. The number of hydrogen-bond acceptors (Lipinski definition) is 45. The number of ether oxygens (including phenoxy) is 17. The molecular weight excluding hydrogens is 1520 g/mol. The van der Waals surface area contributed by atoms with E-state index >= 15 is 0 Å². The van der Waals surface area contributed by atoms with Gasteiger partial charge in [-0.05, 0) is 6.92 Å². The minimum Gasteiger partial charge on any atom is -0.394 e. The van der Waals surface area contributed by atoms with Gasteiger partial charge in [0.1, 0.15) is 213 Å². The largest absolute Gasteiger partial charge is 0.394 e. The molecule has 0 unspecified atom stereocenters. The van der Waals surface area contributed by atoms with E-state index in [1.165, 1.54) is 6.92 Å². The number of hydrogen-bond donors (Lipinski definition) is 28. The van der Waals surface area contributed by atoms with Gasteiger partial charge in [-0.3, -0.25) is 19.2 Å². The van der Waals surface area contributed by atoms with E-state index in [0.717, 1.165) is 27.7 Å². The van der Waals surface area contributed by atoms with Crippen molar-refractivity contribution in [1.82, 2.24) is 21.3 Å². The first-order chi connectivity index (χ1) is 52.5. The predicted molar refractivity (Wildman–Crippen MR) is 342 cm³/mol. The van der Waals surface area contributed by atoms with Crippen LogP contribution in [0.25, 0.3) is 0 Å². The van der Waals surface area contributed by atoms with Crippen LogP contribution in [0.15, 0.2) is 0 Å². The van der Waals surface area contributed by atoms with Gasteiger partial charge in [0.05, 0.1) is 59.0 Å². The smallest absolute Gasteiger partial charge is 0.217 e. The van der Waals surface area contributed by atoms with Crippen molar-refractivity contribution in [1.29, 1.82) is 0 Å². The highest BCUT2D eigenvalue weighted by atomic mass is 16.8. The van der Waals surface area contributed by atoms with Crippen molar-refractivity contribution in [3.05, 3.63) is 0 Å². The summed E-state index contributed by atoms with van der Waals surface area (Å²) >= 11 is 0. The van der Waals surface area contributed by atoms with Gasteiger partial charge in [-0.1, -0.05) is 0 Å². The molecule has 0 aromatic carbocycles. The minimum atomic E-state index is -2.53. The van der Waals surface area contributed by atoms with Crippen molar-refractivity contribution in [2.45, 2.75) is 311 Å². The first-order valence-corrected chi connectivity index (χ1v) is 35.5. The fourth-order valence-electron chi connectivity index (χ4n) is 14.4. The molecule has 0 saturated carbocycles. The number of aliphatic hydroxyl groups is 24.